The van der Waals surface area contributed by atoms with Gasteiger partial charge in [0.05, 0.1) is 5.56 Å². The first-order valence-electron chi connectivity index (χ1n) is 9.43. The van der Waals surface area contributed by atoms with Gasteiger partial charge in [0.1, 0.15) is 5.75 Å². The number of amides is 2. The fraction of sp³-hybridized carbons (Fsp3) is 0.429. The second-order valence-electron chi connectivity index (χ2n) is 7.32. The summed E-state index contributed by atoms with van der Waals surface area (Å²) >= 11 is 0. The molecular formula is C21H24N2O3. The quantitative estimate of drug-likeness (QED) is 0.904. The highest BCUT2D eigenvalue weighted by Gasteiger charge is 2.32. The topological polar surface area (TPSA) is 60.9 Å². The van der Waals surface area contributed by atoms with E-state index in [0.717, 1.165) is 36.7 Å². The second kappa shape index (κ2) is 6.98. The SMILES string of the molecule is O=C(c1cc2ccccc2cc1O)N1CCC(C(=O)N2CCCC2)CC1. The first-order valence-corrected chi connectivity index (χ1v) is 9.43. The Morgan fingerprint density at radius 3 is 2.15 bits per heavy atom. The summed E-state index contributed by atoms with van der Waals surface area (Å²) in [6.45, 7) is 2.89. The van der Waals surface area contributed by atoms with Gasteiger partial charge in [-0.05, 0) is 48.6 Å². The van der Waals surface area contributed by atoms with Gasteiger partial charge >= 0.3 is 0 Å². The second-order valence-corrected chi connectivity index (χ2v) is 7.32. The van der Waals surface area contributed by atoms with Crippen LogP contribution in [0.5, 0.6) is 5.75 Å². The van der Waals surface area contributed by atoms with Crippen LogP contribution in [0.4, 0.5) is 0 Å². The molecule has 2 aromatic rings. The number of aromatic hydroxyl groups is 1. The van der Waals surface area contributed by atoms with Gasteiger partial charge < -0.3 is 14.9 Å². The molecule has 2 aliphatic heterocycles. The minimum absolute atomic E-state index is 0.0176. The molecule has 0 unspecified atom stereocenters. The Bertz CT molecular complexity index is 834. The highest BCUT2D eigenvalue weighted by atomic mass is 16.3. The van der Waals surface area contributed by atoms with Gasteiger partial charge in [0.2, 0.25) is 5.91 Å². The van der Waals surface area contributed by atoms with Crippen LogP contribution in [0, 0.1) is 5.92 Å². The predicted octanol–water partition coefficient (Wildman–Crippen LogP) is 3.02. The lowest BCUT2D eigenvalue weighted by atomic mass is 9.94. The maximum atomic E-state index is 12.9. The van der Waals surface area contributed by atoms with Crippen molar-refractivity contribution >= 4 is 22.6 Å². The van der Waals surface area contributed by atoms with Crippen LogP contribution in [-0.4, -0.2) is 52.9 Å². The molecule has 2 aliphatic rings. The lowest BCUT2D eigenvalue weighted by molar-refractivity contribution is -0.135. The van der Waals surface area contributed by atoms with E-state index in [0.29, 0.717) is 31.5 Å². The molecule has 26 heavy (non-hydrogen) atoms. The van der Waals surface area contributed by atoms with Crippen molar-refractivity contribution in [2.45, 2.75) is 25.7 Å². The van der Waals surface area contributed by atoms with Gasteiger partial charge in [-0.2, -0.15) is 0 Å². The number of hydrogen-bond donors (Lipinski definition) is 1. The maximum absolute atomic E-state index is 12.9. The van der Waals surface area contributed by atoms with Crippen molar-refractivity contribution in [2.75, 3.05) is 26.2 Å². The molecule has 5 heteroatoms. The molecule has 136 valence electrons. The van der Waals surface area contributed by atoms with Gasteiger partial charge in [-0.1, -0.05) is 24.3 Å². The highest BCUT2D eigenvalue weighted by molar-refractivity contribution is 6.01. The number of fused-ring (bicyclic) bond motifs is 1. The molecule has 0 spiro atoms. The molecule has 0 aliphatic carbocycles. The third-order valence-corrected chi connectivity index (χ3v) is 5.64. The molecule has 2 aromatic carbocycles. The van der Waals surface area contributed by atoms with Crippen molar-refractivity contribution < 1.29 is 14.7 Å². The van der Waals surface area contributed by atoms with Crippen LogP contribution in [0.3, 0.4) is 0 Å². The van der Waals surface area contributed by atoms with Crippen LogP contribution >= 0.6 is 0 Å². The number of benzene rings is 2. The van der Waals surface area contributed by atoms with E-state index in [9.17, 15) is 14.7 Å². The highest BCUT2D eigenvalue weighted by Crippen LogP contribution is 2.28. The van der Waals surface area contributed by atoms with Crippen molar-refractivity contribution in [3.8, 4) is 5.75 Å². The molecule has 2 fully saturated rings. The van der Waals surface area contributed by atoms with Crippen LogP contribution < -0.4 is 0 Å². The summed E-state index contributed by atoms with van der Waals surface area (Å²) in [7, 11) is 0. The molecule has 4 rings (SSSR count). The fourth-order valence-electron chi connectivity index (χ4n) is 4.10. The number of likely N-dealkylation sites (tertiary alicyclic amines) is 2. The van der Waals surface area contributed by atoms with E-state index in [-0.39, 0.29) is 23.5 Å². The molecular weight excluding hydrogens is 328 g/mol. The summed E-state index contributed by atoms with van der Waals surface area (Å²) in [5.74, 6) is 0.148. The van der Waals surface area contributed by atoms with Crippen molar-refractivity contribution in [2.24, 2.45) is 5.92 Å². The number of rotatable bonds is 2. The van der Waals surface area contributed by atoms with Crippen molar-refractivity contribution in [3.63, 3.8) is 0 Å². The third kappa shape index (κ3) is 3.14. The normalized spacial score (nSPS) is 18.5. The van der Waals surface area contributed by atoms with Crippen LogP contribution in [0.25, 0.3) is 10.8 Å². The molecule has 0 aromatic heterocycles. The number of phenolic OH excluding ortho intramolecular Hbond substituents is 1. The Morgan fingerprint density at radius 2 is 1.50 bits per heavy atom. The van der Waals surface area contributed by atoms with Gasteiger partial charge in [-0.15, -0.1) is 0 Å². The molecule has 2 amide bonds. The number of phenols is 1. The van der Waals surface area contributed by atoms with E-state index in [1.165, 1.54) is 0 Å². The first kappa shape index (κ1) is 16.9. The van der Waals surface area contributed by atoms with Gasteiger partial charge in [0, 0.05) is 32.1 Å². The van der Waals surface area contributed by atoms with E-state index in [1.807, 2.05) is 29.2 Å². The standard InChI is InChI=1S/C21H24N2O3/c24-19-14-17-6-2-1-5-16(17)13-18(19)21(26)23-11-7-15(8-12-23)20(25)22-9-3-4-10-22/h1-2,5-6,13-15,24H,3-4,7-12H2. The summed E-state index contributed by atoms with van der Waals surface area (Å²) < 4.78 is 0. The predicted molar refractivity (Wildman–Crippen MR) is 100 cm³/mol. The van der Waals surface area contributed by atoms with Gasteiger partial charge in [0.25, 0.3) is 5.91 Å². The fourth-order valence-corrected chi connectivity index (χ4v) is 4.10. The van der Waals surface area contributed by atoms with E-state index >= 15 is 0 Å². The molecule has 0 bridgehead atoms. The zero-order valence-corrected chi connectivity index (χ0v) is 14.9. The Morgan fingerprint density at radius 1 is 0.885 bits per heavy atom. The smallest absolute Gasteiger partial charge is 0.257 e. The number of carbonyl (C=O) groups excluding carboxylic acids is 2. The minimum Gasteiger partial charge on any atom is -0.507 e. The van der Waals surface area contributed by atoms with Gasteiger partial charge in [-0.25, -0.2) is 0 Å². The van der Waals surface area contributed by atoms with Crippen molar-refractivity contribution in [1.29, 1.82) is 0 Å². The number of nitrogens with zero attached hydrogens (tertiary/aromatic N) is 2. The first-order chi connectivity index (χ1) is 12.6. The lowest BCUT2D eigenvalue weighted by Crippen LogP contribution is -2.43. The zero-order chi connectivity index (χ0) is 18.1. The number of hydrogen-bond acceptors (Lipinski definition) is 3. The molecule has 0 atom stereocenters. The summed E-state index contributed by atoms with van der Waals surface area (Å²) in [6.07, 6.45) is 3.61. The molecule has 2 heterocycles. The van der Waals surface area contributed by atoms with Gasteiger partial charge in [-0.3, -0.25) is 9.59 Å². The molecule has 0 saturated carbocycles. The molecule has 1 N–H and O–H groups in total. The summed E-state index contributed by atoms with van der Waals surface area (Å²) in [6, 6.07) is 11.1. The van der Waals surface area contributed by atoms with Crippen LogP contribution in [0.2, 0.25) is 0 Å². The Kier molecular flexibility index (Phi) is 4.53. The average Bonchev–Trinajstić information content (AvgIpc) is 3.21. The van der Waals surface area contributed by atoms with Crippen LogP contribution in [-0.2, 0) is 4.79 Å². The molecule has 5 nitrogen and oxygen atoms in total. The van der Waals surface area contributed by atoms with E-state index in [4.69, 9.17) is 0 Å². The molecule has 2 saturated heterocycles. The van der Waals surface area contributed by atoms with E-state index < -0.39 is 0 Å². The Balaban J connectivity index is 1.45. The third-order valence-electron chi connectivity index (χ3n) is 5.64. The summed E-state index contributed by atoms with van der Waals surface area (Å²) in [5.41, 5.74) is 0.341. The maximum Gasteiger partial charge on any atom is 0.257 e. The minimum atomic E-state index is -0.152. The van der Waals surface area contributed by atoms with E-state index in [2.05, 4.69) is 0 Å². The van der Waals surface area contributed by atoms with Crippen LogP contribution in [0.15, 0.2) is 36.4 Å². The monoisotopic (exact) mass is 352 g/mol. The largest absolute Gasteiger partial charge is 0.507 e. The molecule has 0 radical (unpaired) electrons. The lowest BCUT2D eigenvalue weighted by Gasteiger charge is -2.33. The Labute approximate surface area is 153 Å². The Hall–Kier alpha value is -2.56. The number of carbonyl (C=O) groups is 2. The summed E-state index contributed by atoms with van der Waals surface area (Å²) in [5, 5.41) is 12.1. The number of piperidine rings is 1. The van der Waals surface area contributed by atoms with E-state index in [1.54, 1.807) is 17.0 Å². The average molecular weight is 352 g/mol. The summed E-state index contributed by atoms with van der Waals surface area (Å²) in [4.78, 5) is 29.1. The zero-order valence-electron chi connectivity index (χ0n) is 14.9. The van der Waals surface area contributed by atoms with Gasteiger partial charge in [0.15, 0.2) is 0 Å². The van der Waals surface area contributed by atoms with Crippen molar-refractivity contribution in [1.82, 2.24) is 9.80 Å². The van der Waals surface area contributed by atoms with Crippen LogP contribution in [0.1, 0.15) is 36.0 Å². The van der Waals surface area contributed by atoms with Crippen molar-refractivity contribution in [3.05, 3.63) is 42.0 Å².